The molecule has 0 atom stereocenters. The number of amides is 1. The fraction of sp³-hybridized carbons (Fsp3) is 0.962. The van der Waals surface area contributed by atoms with Crippen LogP contribution in [0, 0.1) is 5.41 Å². The van der Waals surface area contributed by atoms with E-state index in [-0.39, 0.29) is 27.2 Å². The van der Waals surface area contributed by atoms with Crippen molar-refractivity contribution in [1.82, 2.24) is 4.90 Å². The summed E-state index contributed by atoms with van der Waals surface area (Å²) in [6, 6.07) is 0. The Hall–Kier alpha value is -0.260. The number of carbonyl (C=O) groups excluding carboxylic acids is 1. The number of methoxy groups -OCH3 is 1. The summed E-state index contributed by atoms with van der Waals surface area (Å²) in [6.07, 6.45) is 3.20. The van der Waals surface area contributed by atoms with E-state index in [0.717, 1.165) is 12.8 Å². The molecule has 0 aliphatic carbocycles. The van der Waals surface area contributed by atoms with E-state index in [9.17, 15) is 4.79 Å². The predicted molar refractivity (Wildman–Crippen MR) is 139 cm³/mol. The van der Waals surface area contributed by atoms with E-state index in [4.69, 9.17) is 22.1 Å². The van der Waals surface area contributed by atoms with E-state index in [2.05, 4.69) is 62.3 Å². The predicted octanol–water partition coefficient (Wildman–Crippen LogP) is 7.15. The van der Waals surface area contributed by atoms with Crippen molar-refractivity contribution in [2.45, 2.75) is 137 Å². The van der Waals surface area contributed by atoms with Crippen molar-refractivity contribution < 1.29 is 14.3 Å². The van der Waals surface area contributed by atoms with Crippen LogP contribution in [0.15, 0.2) is 0 Å². The van der Waals surface area contributed by atoms with Crippen LogP contribution in [0.3, 0.4) is 0 Å². The van der Waals surface area contributed by atoms with Gasteiger partial charge in [-0.15, -0.1) is 0 Å². The highest BCUT2D eigenvalue weighted by Crippen LogP contribution is 2.33. The van der Waals surface area contributed by atoms with E-state index >= 15 is 0 Å². The second-order valence-corrected chi connectivity index (χ2v) is 13.8. The number of carbonyl (C=O) groups is 1. The highest BCUT2D eigenvalue weighted by atomic mass is 32.1. The lowest BCUT2D eigenvalue weighted by Gasteiger charge is -2.46. The SMILES string of the molecule is CCC.COC(C)(C)CCOC(C)(C)CC(=O)N(CC(C)(C)C)C(C)(C)CC(C)(C)S. The molecule has 0 unspecified atom stereocenters. The van der Waals surface area contributed by atoms with Crippen molar-refractivity contribution >= 4 is 18.5 Å². The molecule has 0 aromatic rings. The average Bonchev–Trinajstić information content (AvgIpc) is 2.49. The van der Waals surface area contributed by atoms with Gasteiger partial charge < -0.3 is 14.4 Å². The zero-order valence-electron chi connectivity index (χ0n) is 23.4. The molecule has 1 amide bonds. The second-order valence-electron chi connectivity index (χ2n) is 12.5. The first-order valence-corrected chi connectivity index (χ1v) is 12.3. The molecule has 0 aromatic heterocycles. The number of hydrogen-bond donors (Lipinski definition) is 1. The highest BCUT2D eigenvalue weighted by molar-refractivity contribution is 7.81. The van der Waals surface area contributed by atoms with Crippen molar-refractivity contribution in [3.63, 3.8) is 0 Å². The van der Waals surface area contributed by atoms with Gasteiger partial charge >= 0.3 is 0 Å². The molecule has 0 rings (SSSR count). The van der Waals surface area contributed by atoms with Crippen LogP contribution in [0.2, 0.25) is 0 Å². The molecule has 0 fully saturated rings. The second kappa shape index (κ2) is 12.8. The maximum absolute atomic E-state index is 13.4. The third-order valence-electron chi connectivity index (χ3n) is 4.86. The Morgan fingerprint density at radius 1 is 0.871 bits per heavy atom. The lowest BCUT2D eigenvalue weighted by molar-refractivity contribution is -0.146. The van der Waals surface area contributed by atoms with Gasteiger partial charge in [0.05, 0.1) is 24.2 Å². The quantitative estimate of drug-likeness (QED) is 0.332. The van der Waals surface area contributed by atoms with Gasteiger partial charge in [-0.25, -0.2) is 0 Å². The van der Waals surface area contributed by atoms with Crippen molar-refractivity contribution in [2.24, 2.45) is 5.41 Å². The molecule has 0 N–H and O–H groups in total. The number of ether oxygens (including phenoxy) is 2. The number of nitrogens with zero attached hydrogens (tertiary/aromatic N) is 1. The standard InChI is InChI=1S/C23H47NO3S.C3H8/c1-19(2,3)17-24(20(4,5)16-23(10,11)28)18(25)15-22(8,9)27-14-13-21(6,7)26-12;1-3-2/h28H,13-17H2,1-12H3;3H2,1-2H3. The zero-order chi connectivity index (χ0) is 25.3. The van der Waals surface area contributed by atoms with Crippen LogP contribution in [0.1, 0.15) is 116 Å². The molecule has 0 saturated carbocycles. The molecule has 0 aliphatic heterocycles. The van der Waals surface area contributed by atoms with Gasteiger partial charge in [0.1, 0.15) is 0 Å². The summed E-state index contributed by atoms with van der Waals surface area (Å²) in [6.45, 7) is 28.6. The van der Waals surface area contributed by atoms with Gasteiger partial charge in [0.2, 0.25) is 5.91 Å². The number of thiol groups is 1. The Balaban J connectivity index is 0. The van der Waals surface area contributed by atoms with E-state index in [0.29, 0.717) is 19.6 Å². The zero-order valence-corrected chi connectivity index (χ0v) is 24.3. The Kier molecular flexibility index (Phi) is 13.6. The van der Waals surface area contributed by atoms with Gasteiger partial charge in [-0.05, 0) is 59.8 Å². The summed E-state index contributed by atoms with van der Waals surface area (Å²) in [5, 5.41) is 0. The Morgan fingerprint density at radius 2 is 1.32 bits per heavy atom. The molecule has 0 radical (unpaired) electrons. The molecule has 5 heteroatoms. The summed E-state index contributed by atoms with van der Waals surface area (Å²) in [5.74, 6) is 0.133. The van der Waals surface area contributed by atoms with Crippen LogP contribution in [0.4, 0.5) is 0 Å². The monoisotopic (exact) mass is 461 g/mol. The van der Waals surface area contributed by atoms with E-state index < -0.39 is 5.60 Å². The Morgan fingerprint density at radius 3 is 1.68 bits per heavy atom. The Bertz CT molecular complexity index is 514. The van der Waals surface area contributed by atoms with E-state index in [1.54, 1.807) is 7.11 Å². The average molecular weight is 462 g/mol. The molecule has 0 spiro atoms. The van der Waals surface area contributed by atoms with E-state index in [1.807, 2.05) is 32.6 Å². The first kappa shape index (κ1) is 32.9. The highest BCUT2D eigenvalue weighted by Gasteiger charge is 2.38. The van der Waals surface area contributed by atoms with Gasteiger partial charge in [0, 0.05) is 23.9 Å². The van der Waals surface area contributed by atoms with Crippen LogP contribution in [-0.4, -0.2) is 52.6 Å². The van der Waals surface area contributed by atoms with Crippen LogP contribution in [-0.2, 0) is 14.3 Å². The van der Waals surface area contributed by atoms with Gasteiger partial charge in [0.25, 0.3) is 0 Å². The van der Waals surface area contributed by atoms with Gasteiger partial charge in [-0.3, -0.25) is 4.79 Å². The molecule has 4 nitrogen and oxygen atoms in total. The van der Waals surface area contributed by atoms with Crippen molar-refractivity contribution in [2.75, 3.05) is 20.3 Å². The van der Waals surface area contributed by atoms with Gasteiger partial charge in [0.15, 0.2) is 0 Å². The lowest BCUT2D eigenvalue weighted by atomic mass is 9.86. The minimum absolute atomic E-state index is 0.0150. The maximum atomic E-state index is 13.4. The van der Waals surface area contributed by atoms with Crippen LogP contribution < -0.4 is 0 Å². The minimum atomic E-state index is -0.524. The van der Waals surface area contributed by atoms with Gasteiger partial charge in [-0.2, -0.15) is 12.6 Å². The maximum Gasteiger partial charge on any atom is 0.225 e. The fourth-order valence-corrected chi connectivity index (χ4v) is 3.84. The molecule has 0 aliphatic rings. The summed E-state index contributed by atoms with van der Waals surface area (Å²) >= 11 is 4.72. The first-order chi connectivity index (χ1) is 13.6. The smallest absolute Gasteiger partial charge is 0.225 e. The number of rotatable bonds is 11. The summed E-state index contributed by atoms with van der Waals surface area (Å²) in [4.78, 5) is 15.4. The fourth-order valence-electron chi connectivity index (χ4n) is 3.45. The normalized spacial score (nSPS) is 13.5. The molecule has 0 saturated heterocycles. The molecule has 0 bridgehead atoms. The van der Waals surface area contributed by atoms with Crippen LogP contribution >= 0.6 is 12.6 Å². The topological polar surface area (TPSA) is 38.8 Å². The summed E-state index contributed by atoms with van der Waals surface area (Å²) in [7, 11) is 1.71. The summed E-state index contributed by atoms with van der Waals surface area (Å²) < 4.78 is 11.4. The molecular formula is C26H55NO3S. The third kappa shape index (κ3) is 17.0. The third-order valence-corrected chi connectivity index (χ3v) is 5.01. The van der Waals surface area contributed by atoms with Gasteiger partial charge in [-0.1, -0.05) is 54.9 Å². The summed E-state index contributed by atoms with van der Waals surface area (Å²) in [5.41, 5.74) is -1.02. The number of hydrogen-bond acceptors (Lipinski definition) is 4. The van der Waals surface area contributed by atoms with E-state index in [1.165, 1.54) is 6.42 Å². The van der Waals surface area contributed by atoms with Crippen molar-refractivity contribution in [3.05, 3.63) is 0 Å². The van der Waals surface area contributed by atoms with Crippen LogP contribution in [0.25, 0.3) is 0 Å². The van der Waals surface area contributed by atoms with Crippen molar-refractivity contribution in [3.8, 4) is 0 Å². The Labute approximate surface area is 200 Å². The largest absolute Gasteiger partial charge is 0.379 e. The molecular weight excluding hydrogens is 406 g/mol. The molecule has 0 aromatic carbocycles. The first-order valence-electron chi connectivity index (χ1n) is 11.8. The molecule has 31 heavy (non-hydrogen) atoms. The molecule has 188 valence electrons. The van der Waals surface area contributed by atoms with Crippen molar-refractivity contribution in [1.29, 1.82) is 0 Å². The minimum Gasteiger partial charge on any atom is -0.379 e. The lowest BCUT2D eigenvalue weighted by Crippen LogP contribution is -2.54. The molecule has 0 heterocycles. The van der Waals surface area contributed by atoms with Crippen LogP contribution in [0.5, 0.6) is 0 Å².